The first-order valence-electron chi connectivity index (χ1n) is 7.15. The van der Waals surface area contributed by atoms with Crippen LogP contribution in [0.1, 0.15) is 5.56 Å². The molecule has 26 heavy (non-hydrogen) atoms. The molecular weight excluding hydrogens is 380 g/mol. The number of unbranched alkanes of at least 4 members (excludes halogenated alkanes) is 1. The van der Waals surface area contributed by atoms with Crippen molar-refractivity contribution in [2.75, 3.05) is 19.8 Å². The van der Waals surface area contributed by atoms with Crippen LogP contribution in [0.25, 0.3) is 0 Å². The summed E-state index contributed by atoms with van der Waals surface area (Å²) in [5.74, 6) is 0. The molecule has 0 amide bonds. The van der Waals surface area contributed by atoms with E-state index in [0.717, 1.165) is 5.56 Å². The fraction of sp³-hybridized carbons (Fsp3) is 0.316. The summed E-state index contributed by atoms with van der Waals surface area (Å²) in [6.45, 7) is 19.5. The second-order valence-corrected chi connectivity index (χ2v) is 4.37. The van der Waals surface area contributed by atoms with Gasteiger partial charge < -0.3 is 14.2 Å². The fourth-order valence-corrected chi connectivity index (χ4v) is 1.96. The maximum atomic E-state index is 7.50. The van der Waals surface area contributed by atoms with Crippen LogP contribution in [0.3, 0.4) is 0 Å². The summed E-state index contributed by atoms with van der Waals surface area (Å²) in [6.07, 6.45) is 5.47. The Bertz CT molecular complexity index is 446. The number of hydrogen-bond donors (Lipinski definition) is 0. The molecule has 0 aliphatic carbocycles. The summed E-state index contributed by atoms with van der Waals surface area (Å²) in [5.41, 5.74) is 1.16. The van der Waals surface area contributed by atoms with Crippen molar-refractivity contribution in [3.8, 4) is 0 Å². The van der Waals surface area contributed by atoms with Gasteiger partial charge in [0.1, 0.15) is 6.10 Å². The van der Waals surface area contributed by atoms with E-state index in [-0.39, 0.29) is 29.3 Å². The molecule has 0 N–H and O–H groups in total. The van der Waals surface area contributed by atoms with Crippen LogP contribution in [0.5, 0.6) is 0 Å². The van der Waals surface area contributed by atoms with E-state index in [0.29, 0.717) is 26.4 Å². The molecule has 0 spiro atoms. The molecule has 0 unspecified atom stereocenters. The van der Waals surface area contributed by atoms with Gasteiger partial charge in [-0.3, -0.25) is 0 Å². The Morgan fingerprint density at radius 2 is 1.62 bits per heavy atom. The average Bonchev–Trinajstić information content (AvgIpc) is 2.72. The molecule has 6 nitrogen and oxygen atoms in total. The molecule has 1 aromatic rings. The topological polar surface area (TPSA) is 87.4 Å². The zero-order valence-electron chi connectivity index (χ0n) is 14.1. The minimum Gasteiger partial charge on any atom is -0.374 e. The molecule has 2 atom stereocenters. The van der Waals surface area contributed by atoms with E-state index in [1.54, 1.807) is 6.42 Å². The van der Waals surface area contributed by atoms with Gasteiger partial charge in [-0.15, -0.1) is 0 Å². The Kier molecular flexibility index (Phi) is 27.1. The second kappa shape index (κ2) is 23.8. The van der Waals surface area contributed by atoms with E-state index in [4.69, 9.17) is 28.2 Å². The van der Waals surface area contributed by atoms with E-state index in [1.807, 2.05) is 43.2 Å². The first-order chi connectivity index (χ1) is 12.4. The molecule has 2 rings (SSSR count). The van der Waals surface area contributed by atoms with E-state index < -0.39 is 0 Å². The molecule has 1 aromatic carbocycles. The minimum atomic E-state index is -0.0532. The fourth-order valence-electron chi connectivity index (χ4n) is 1.96. The second-order valence-electron chi connectivity index (χ2n) is 4.37. The van der Waals surface area contributed by atoms with Crippen molar-refractivity contribution in [3.63, 3.8) is 0 Å². The van der Waals surface area contributed by atoms with Gasteiger partial charge in [-0.2, -0.15) is 0 Å². The van der Waals surface area contributed by atoms with Gasteiger partial charge in [0.2, 0.25) is 0 Å². The van der Waals surface area contributed by atoms with E-state index in [9.17, 15) is 0 Å². The number of benzene rings is 1. The molecule has 0 saturated carbocycles. The number of hydrogen-bond acceptors (Lipinski definition) is 3. The first-order valence-corrected chi connectivity index (χ1v) is 7.15. The Labute approximate surface area is 166 Å². The summed E-state index contributed by atoms with van der Waals surface area (Å²) in [7, 11) is 0. The molecule has 0 aromatic heterocycles. The third-order valence-electron chi connectivity index (χ3n) is 2.92. The van der Waals surface area contributed by atoms with Gasteiger partial charge in [0, 0.05) is 17.1 Å². The third kappa shape index (κ3) is 14.1. The van der Waals surface area contributed by atoms with E-state index in [2.05, 4.69) is 26.9 Å². The van der Waals surface area contributed by atoms with Crippen molar-refractivity contribution < 1.29 is 45.2 Å². The van der Waals surface area contributed by atoms with Crippen LogP contribution >= 0.6 is 0 Å². The van der Waals surface area contributed by atoms with Crippen LogP contribution in [0, 0.1) is 46.1 Å². The Hall–Kier alpha value is -1.16. The molecule has 0 bridgehead atoms. The molecule has 1 aliphatic heterocycles. The molecule has 7 heteroatoms. The summed E-state index contributed by atoms with van der Waals surface area (Å²) in [5, 5.41) is 0. The number of ether oxygens (including phenoxy) is 3. The van der Waals surface area contributed by atoms with Crippen LogP contribution < -0.4 is 0 Å². The first kappa shape index (κ1) is 29.6. The Balaban J connectivity index is -0.000000686. The predicted octanol–water partition coefficient (Wildman–Crippen LogP) is 2.32. The van der Waals surface area contributed by atoms with Crippen molar-refractivity contribution >= 4 is 0 Å². The normalized spacial score (nSPS) is 17.3. The standard InChI is InChI=1S/C16H20O3.3CO.Fe/c1-2-3-9-15-16(19-11-10-18-15)13-17-12-14-7-5-4-6-8-14;3*1-2;/h2-9,15-16H,1,10-13H2;;;;/t15-,16+;;;;/m1..../s1. The van der Waals surface area contributed by atoms with E-state index >= 15 is 0 Å². The maximum Gasteiger partial charge on any atom is 0.107 e. The summed E-state index contributed by atoms with van der Waals surface area (Å²) < 4.78 is 39.6. The molecular formula is C19H20FeO6. The molecule has 1 fully saturated rings. The maximum absolute atomic E-state index is 7.50. The van der Waals surface area contributed by atoms with Crippen molar-refractivity contribution in [2.45, 2.75) is 18.8 Å². The van der Waals surface area contributed by atoms with Gasteiger partial charge in [-0.1, -0.05) is 30.3 Å². The SMILES string of the molecule is [C-]#[O+].[C-]#[O+].[C-]#[O+].[CH2][CH][CH][CH][C@H]1OCCO[C@H]1COCc1ccccc1.[Fe]. The van der Waals surface area contributed by atoms with Crippen molar-refractivity contribution in [2.24, 2.45) is 0 Å². The summed E-state index contributed by atoms with van der Waals surface area (Å²) in [6, 6.07) is 10.1. The molecule has 4 radical (unpaired) electrons. The van der Waals surface area contributed by atoms with E-state index in [1.165, 1.54) is 0 Å². The van der Waals surface area contributed by atoms with Crippen molar-refractivity contribution in [1.29, 1.82) is 0 Å². The zero-order valence-corrected chi connectivity index (χ0v) is 15.2. The molecule has 1 aliphatic rings. The van der Waals surface area contributed by atoms with Gasteiger partial charge in [0.15, 0.2) is 0 Å². The van der Waals surface area contributed by atoms with Crippen molar-refractivity contribution in [1.82, 2.24) is 0 Å². The van der Waals surface area contributed by atoms with Crippen molar-refractivity contribution in [3.05, 3.63) is 82.0 Å². The molecule has 1 heterocycles. The number of rotatable bonds is 7. The van der Waals surface area contributed by atoms with Crippen LogP contribution in [0.2, 0.25) is 0 Å². The monoisotopic (exact) mass is 400 g/mol. The Morgan fingerprint density at radius 1 is 1.04 bits per heavy atom. The summed E-state index contributed by atoms with van der Waals surface area (Å²) in [4.78, 5) is 0. The third-order valence-corrected chi connectivity index (χ3v) is 2.92. The van der Waals surface area contributed by atoms with Gasteiger partial charge >= 0.3 is 33.9 Å². The Morgan fingerprint density at radius 3 is 2.19 bits per heavy atom. The molecule has 1 saturated heterocycles. The largest absolute Gasteiger partial charge is 0.374 e. The molecule has 140 valence electrons. The smallest absolute Gasteiger partial charge is 0.107 e. The van der Waals surface area contributed by atoms with Gasteiger partial charge in [-0.05, 0) is 31.7 Å². The predicted molar refractivity (Wildman–Crippen MR) is 85.6 cm³/mol. The quantitative estimate of drug-likeness (QED) is 0.400. The zero-order chi connectivity index (χ0) is 19.3. The minimum absolute atomic E-state index is 0. The van der Waals surface area contributed by atoms with Gasteiger partial charge in [0.25, 0.3) is 0 Å². The van der Waals surface area contributed by atoms with Crippen LogP contribution in [-0.4, -0.2) is 32.0 Å². The van der Waals surface area contributed by atoms with Crippen LogP contribution in [0.15, 0.2) is 30.3 Å². The summed E-state index contributed by atoms with van der Waals surface area (Å²) >= 11 is 0. The van der Waals surface area contributed by atoms with Gasteiger partial charge in [0.05, 0.1) is 32.5 Å². The van der Waals surface area contributed by atoms with Gasteiger partial charge in [-0.25, -0.2) is 0 Å². The van der Waals surface area contributed by atoms with Crippen LogP contribution in [-0.2, 0) is 51.8 Å². The average molecular weight is 400 g/mol. The van der Waals surface area contributed by atoms with Crippen LogP contribution in [0.4, 0.5) is 0 Å².